The minimum atomic E-state index is -0.151. The standard InChI is InChI=1S/C16H33N2O/c1-3-9-18(15-7-5-6-8-15)11-13(16(19)4-2)10-14(17)12-18/h13-16,19H,3-12,17H2,1-2H3/q+1. The van der Waals surface area contributed by atoms with E-state index >= 15 is 0 Å². The smallest absolute Gasteiger partial charge is 0.0942 e. The molecule has 0 radical (unpaired) electrons. The lowest BCUT2D eigenvalue weighted by atomic mass is 9.85. The van der Waals surface area contributed by atoms with E-state index in [1.807, 2.05) is 0 Å². The number of rotatable bonds is 5. The van der Waals surface area contributed by atoms with Crippen LogP contribution in [0.4, 0.5) is 0 Å². The van der Waals surface area contributed by atoms with Crippen LogP contribution in [0.25, 0.3) is 0 Å². The van der Waals surface area contributed by atoms with E-state index in [9.17, 15) is 5.11 Å². The summed E-state index contributed by atoms with van der Waals surface area (Å²) in [5, 5.41) is 10.3. The second-order valence-electron chi connectivity index (χ2n) is 6.98. The molecular weight excluding hydrogens is 236 g/mol. The minimum absolute atomic E-state index is 0.151. The second-order valence-corrected chi connectivity index (χ2v) is 6.98. The molecule has 0 aromatic heterocycles. The molecule has 1 aliphatic carbocycles. The number of quaternary nitrogens is 1. The summed E-state index contributed by atoms with van der Waals surface area (Å²) in [6.07, 6.45) is 8.51. The molecule has 1 heterocycles. The topological polar surface area (TPSA) is 46.2 Å². The molecule has 0 bridgehead atoms. The summed E-state index contributed by atoms with van der Waals surface area (Å²) in [6.45, 7) is 7.95. The van der Waals surface area contributed by atoms with Crippen molar-refractivity contribution in [2.75, 3.05) is 19.6 Å². The van der Waals surface area contributed by atoms with Gasteiger partial charge in [0.25, 0.3) is 0 Å². The maximum Gasteiger partial charge on any atom is 0.0942 e. The Morgan fingerprint density at radius 3 is 2.47 bits per heavy atom. The van der Waals surface area contributed by atoms with Crippen LogP contribution in [0.5, 0.6) is 0 Å². The molecule has 19 heavy (non-hydrogen) atoms. The molecule has 0 spiro atoms. The minimum Gasteiger partial charge on any atom is -0.393 e. The third kappa shape index (κ3) is 3.32. The van der Waals surface area contributed by atoms with Gasteiger partial charge in [-0.3, -0.25) is 0 Å². The molecule has 3 N–H and O–H groups in total. The summed E-state index contributed by atoms with van der Waals surface area (Å²) in [6, 6.07) is 1.10. The van der Waals surface area contributed by atoms with E-state index in [2.05, 4.69) is 13.8 Å². The molecule has 3 heteroatoms. The number of hydrogen-bond acceptors (Lipinski definition) is 2. The van der Waals surface area contributed by atoms with E-state index in [0.717, 1.165) is 25.4 Å². The van der Waals surface area contributed by atoms with Gasteiger partial charge in [-0.25, -0.2) is 0 Å². The largest absolute Gasteiger partial charge is 0.393 e. The molecule has 1 saturated heterocycles. The Bertz CT molecular complexity index is 278. The van der Waals surface area contributed by atoms with Crippen molar-refractivity contribution >= 4 is 0 Å². The third-order valence-electron chi connectivity index (χ3n) is 5.53. The van der Waals surface area contributed by atoms with E-state index in [-0.39, 0.29) is 12.1 Å². The van der Waals surface area contributed by atoms with Crippen molar-refractivity contribution in [1.82, 2.24) is 0 Å². The Morgan fingerprint density at radius 1 is 1.21 bits per heavy atom. The average molecular weight is 269 g/mol. The van der Waals surface area contributed by atoms with Gasteiger partial charge in [-0.2, -0.15) is 0 Å². The quantitative estimate of drug-likeness (QED) is 0.752. The molecule has 0 aromatic rings. The third-order valence-corrected chi connectivity index (χ3v) is 5.53. The number of nitrogens with zero attached hydrogens (tertiary/aromatic N) is 1. The molecule has 4 unspecified atom stereocenters. The SMILES string of the molecule is CCC[N+]1(C2CCCC2)CC(N)CC(C(O)CC)C1. The first kappa shape index (κ1) is 15.3. The fourth-order valence-electron chi connectivity index (χ4n) is 4.72. The van der Waals surface area contributed by atoms with Crippen LogP contribution >= 0.6 is 0 Å². The van der Waals surface area contributed by atoms with E-state index in [1.54, 1.807) is 0 Å². The van der Waals surface area contributed by atoms with Crippen LogP contribution < -0.4 is 5.73 Å². The van der Waals surface area contributed by atoms with Gasteiger partial charge in [0.1, 0.15) is 0 Å². The molecule has 3 nitrogen and oxygen atoms in total. The van der Waals surface area contributed by atoms with Gasteiger partial charge in [-0.15, -0.1) is 0 Å². The van der Waals surface area contributed by atoms with Gasteiger partial charge in [0.05, 0.1) is 37.8 Å². The summed E-state index contributed by atoms with van der Waals surface area (Å²) in [5.41, 5.74) is 6.36. The number of aliphatic hydroxyl groups is 1. The molecule has 112 valence electrons. The maximum atomic E-state index is 10.3. The van der Waals surface area contributed by atoms with Gasteiger partial charge in [0.15, 0.2) is 0 Å². The summed E-state index contributed by atoms with van der Waals surface area (Å²) >= 11 is 0. The molecule has 2 fully saturated rings. The molecule has 0 aromatic carbocycles. The Morgan fingerprint density at radius 2 is 1.89 bits per heavy atom. The van der Waals surface area contributed by atoms with Crippen LogP contribution in [-0.4, -0.2) is 47.4 Å². The van der Waals surface area contributed by atoms with Crippen molar-refractivity contribution in [3.63, 3.8) is 0 Å². The summed E-state index contributed by atoms with van der Waals surface area (Å²) in [4.78, 5) is 0. The lowest BCUT2D eigenvalue weighted by Gasteiger charge is -2.51. The Balaban J connectivity index is 2.15. The number of piperidine rings is 1. The van der Waals surface area contributed by atoms with E-state index in [4.69, 9.17) is 5.73 Å². The van der Waals surface area contributed by atoms with Crippen LogP contribution in [0.2, 0.25) is 0 Å². The zero-order valence-electron chi connectivity index (χ0n) is 12.9. The molecule has 4 atom stereocenters. The highest BCUT2D eigenvalue weighted by Gasteiger charge is 2.45. The Labute approximate surface area is 118 Å². The van der Waals surface area contributed by atoms with Gasteiger partial charge in [-0.1, -0.05) is 13.8 Å². The number of likely N-dealkylation sites (tertiary alicyclic amines) is 1. The monoisotopic (exact) mass is 269 g/mol. The lowest BCUT2D eigenvalue weighted by Crippen LogP contribution is -2.65. The van der Waals surface area contributed by atoms with Crippen LogP contribution in [-0.2, 0) is 0 Å². The van der Waals surface area contributed by atoms with Crippen molar-refractivity contribution in [1.29, 1.82) is 0 Å². The van der Waals surface area contributed by atoms with E-state index < -0.39 is 0 Å². The fourth-order valence-corrected chi connectivity index (χ4v) is 4.72. The van der Waals surface area contributed by atoms with Crippen LogP contribution in [0.15, 0.2) is 0 Å². The van der Waals surface area contributed by atoms with Gasteiger partial charge < -0.3 is 15.3 Å². The van der Waals surface area contributed by atoms with Gasteiger partial charge in [-0.05, 0) is 44.9 Å². The fraction of sp³-hybridized carbons (Fsp3) is 1.00. The van der Waals surface area contributed by atoms with Gasteiger partial charge in [0, 0.05) is 5.92 Å². The lowest BCUT2D eigenvalue weighted by molar-refractivity contribution is -0.959. The highest BCUT2D eigenvalue weighted by atomic mass is 16.3. The zero-order chi connectivity index (χ0) is 13.9. The molecule has 2 aliphatic rings. The molecule has 1 saturated carbocycles. The summed E-state index contributed by atoms with van der Waals surface area (Å²) in [5.74, 6) is 0.417. The average Bonchev–Trinajstić information content (AvgIpc) is 2.92. The van der Waals surface area contributed by atoms with Crippen LogP contribution in [0.3, 0.4) is 0 Å². The molecule has 2 rings (SSSR count). The summed E-state index contributed by atoms with van der Waals surface area (Å²) < 4.78 is 1.21. The zero-order valence-corrected chi connectivity index (χ0v) is 12.9. The predicted octanol–water partition coefficient (Wildman–Crippen LogP) is 2.27. The predicted molar refractivity (Wildman–Crippen MR) is 79.8 cm³/mol. The van der Waals surface area contributed by atoms with E-state index in [1.165, 1.54) is 49.7 Å². The number of aliphatic hydroxyl groups excluding tert-OH is 1. The Hall–Kier alpha value is -0.120. The Kier molecular flexibility index (Phi) is 5.27. The number of nitrogens with two attached hydrogens (primary N) is 1. The first-order valence-corrected chi connectivity index (χ1v) is 8.40. The highest BCUT2D eigenvalue weighted by Crippen LogP contribution is 2.36. The van der Waals surface area contributed by atoms with E-state index in [0.29, 0.717) is 5.92 Å². The summed E-state index contributed by atoms with van der Waals surface area (Å²) in [7, 11) is 0. The van der Waals surface area contributed by atoms with Crippen molar-refractivity contribution in [2.45, 2.75) is 77.0 Å². The second kappa shape index (κ2) is 6.55. The highest BCUT2D eigenvalue weighted by molar-refractivity contribution is 4.82. The first-order chi connectivity index (χ1) is 9.11. The van der Waals surface area contributed by atoms with Crippen molar-refractivity contribution < 1.29 is 9.59 Å². The van der Waals surface area contributed by atoms with Gasteiger partial charge in [0.2, 0.25) is 0 Å². The normalized spacial score (nSPS) is 38.5. The first-order valence-electron chi connectivity index (χ1n) is 8.40. The van der Waals surface area contributed by atoms with Crippen LogP contribution in [0.1, 0.15) is 58.8 Å². The maximum absolute atomic E-state index is 10.3. The van der Waals surface area contributed by atoms with Crippen molar-refractivity contribution in [3.05, 3.63) is 0 Å². The molecular formula is C16H33N2O+. The van der Waals surface area contributed by atoms with Gasteiger partial charge >= 0.3 is 0 Å². The molecule has 1 aliphatic heterocycles. The van der Waals surface area contributed by atoms with Crippen molar-refractivity contribution in [3.8, 4) is 0 Å². The molecule has 0 amide bonds. The van der Waals surface area contributed by atoms with Crippen molar-refractivity contribution in [2.24, 2.45) is 11.7 Å². The van der Waals surface area contributed by atoms with Crippen LogP contribution in [0, 0.1) is 5.92 Å². The number of hydrogen-bond donors (Lipinski definition) is 2.